The average molecular weight is 436 g/mol. The summed E-state index contributed by atoms with van der Waals surface area (Å²) < 4.78 is 40.3. The largest absolute Gasteiger partial charge is 0.323 e. The number of aromatic nitrogens is 1. The van der Waals surface area contributed by atoms with E-state index in [1.165, 1.54) is 10.4 Å². The number of hydrogen-bond acceptors (Lipinski definition) is 5. The number of halogens is 1. The molecular weight excluding hydrogens is 409 g/mol. The second kappa shape index (κ2) is 9.50. The van der Waals surface area contributed by atoms with Crippen molar-refractivity contribution in [1.29, 1.82) is 0 Å². The van der Waals surface area contributed by atoms with Crippen LogP contribution in [0.3, 0.4) is 0 Å². The van der Waals surface area contributed by atoms with Gasteiger partial charge in [0.1, 0.15) is 0 Å². The minimum atomic E-state index is -3.20. The number of sulfonamides is 1. The lowest BCUT2D eigenvalue weighted by Crippen LogP contribution is -2.48. The summed E-state index contributed by atoms with van der Waals surface area (Å²) in [4.78, 5) is 18.3. The Morgan fingerprint density at radius 2 is 1.90 bits per heavy atom. The van der Waals surface area contributed by atoms with Crippen LogP contribution >= 0.6 is 0 Å². The number of urea groups is 1. The number of carbonyl (C=O) groups is 1. The summed E-state index contributed by atoms with van der Waals surface area (Å²) in [5.41, 5.74) is 1.85. The van der Waals surface area contributed by atoms with Crippen LogP contribution in [0.4, 0.5) is 20.6 Å². The molecule has 0 radical (unpaired) electrons. The monoisotopic (exact) mass is 435 g/mol. The molecule has 10 heteroatoms. The molecule has 2 N–H and O–H groups in total. The number of piperazine rings is 1. The van der Waals surface area contributed by atoms with E-state index in [0.29, 0.717) is 44.0 Å². The second-order valence-electron chi connectivity index (χ2n) is 7.12. The van der Waals surface area contributed by atoms with Crippen LogP contribution < -0.4 is 10.6 Å². The number of anilines is 2. The SMILES string of the molecule is CCS(=O)(=O)N1CCN(Cc2cccc(NC(=O)Nc3ccnc(C)c3)c2F)CC1. The maximum Gasteiger partial charge on any atom is 0.323 e. The zero-order chi connectivity index (χ0) is 21.7. The zero-order valence-corrected chi connectivity index (χ0v) is 17.9. The minimum absolute atomic E-state index is 0.0798. The van der Waals surface area contributed by atoms with Gasteiger partial charge in [0.25, 0.3) is 0 Å². The molecule has 0 saturated carbocycles. The Morgan fingerprint density at radius 3 is 2.57 bits per heavy atom. The lowest BCUT2D eigenvalue weighted by Gasteiger charge is -2.33. The van der Waals surface area contributed by atoms with E-state index in [1.807, 2.05) is 11.8 Å². The lowest BCUT2D eigenvalue weighted by molar-refractivity contribution is 0.180. The molecule has 2 amide bonds. The van der Waals surface area contributed by atoms with E-state index in [0.717, 1.165) is 5.69 Å². The summed E-state index contributed by atoms with van der Waals surface area (Å²) in [6.07, 6.45) is 1.58. The Bertz CT molecular complexity index is 1010. The van der Waals surface area contributed by atoms with Gasteiger partial charge in [-0.05, 0) is 32.0 Å². The molecule has 0 atom stereocenters. The van der Waals surface area contributed by atoms with Gasteiger partial charge in [-0.15, -0.1) is 0 Å². The summed E-state index contributed by atoms with van der Waals surface area (Å²) >= 11 is 0. The van der Waals surface area contributed by atoms with Crippen molar-refractivity contribution >= 4 is 27.4 Å². The highest BCUT2D eigenvalue weighted by Gasteiger charge is 2.26. The molecule has 162 valence electrons. The van der Waals surface area contributed by atoms with Crippen molar-refractivity contribution in [1.82, 2.24) is 14.2 Å². The van der Waals surface area contributed by atoms with E-state index in [1.54, 1.807) is 37.4 Å². The molecule has 1 aliphatic rings. The van der Waals surface area contributed by atoms with Gasteiger partial charge in [0.05, 0.1) is 11.4 Å². The molecule has 0 aliphatic carbocycles. The molecule has 0 bridgehead atoms. The molecule has 2 heterocycles. The first-order valence-electron chi connectivity index (χ1n) is 9.76. The Kier molecular flexibility index (Phi) is 7.01. The normalized spacial score (nSPS) is 15.7. The van der Waals surface area contributed by atoms with Gasteiger partial charge < -0.3 is 10.6 Å². The van der Waals surface area contributed by atoms with Crippen molar-refractivity contribution in [2.45, 2.75) is 20.4 Å². The van der Waals surface area contributed by atoms with Crippen LogP contribution in [-0.4, -0.2) is 60.6 Å². The van der Waals surface area contributed by atoms with Crippen LogP contribution in [0.15, 0.2) is 36.5 Å². The van der Waals surface area contributed by atoms with Gasteiger partial charge in [0.2, 0.25) is 10.0 Å². The van der Waals surface area contributed by atoms with E-state index in [4.69, 9.17) is 0 Å². The van der Waals surface area contributed by atoms with Gasteiger partial charge in [0.15, 0.2) is 5.82 Å². The molecule has 1 saturated heterocycles. The fourth-order valence-electron chi connectivity index (χ4n) is 3.30. The minimum Gasteiger partial charge on any atom is -0.308 e. The molecule has 3 rings (SSSR count). The van der Waals surface area contributed by atoms with Crippen molar-refractivity contribution in [2.75, 3.05) is 42.6 Å². The first kappa shape index (κ1) is 22.1. The molecular formula is C20H26FN5O3S. The third-order valence-corrected chi connectivity index (χ3v) is 6.85. The number of nitrogens with zero attached hydrogens (tertiary/aromatic N) is 3. The molecule has 1 aromatic carbocycles. The van der Waals surface area contributed by atoms with Crippen molar-refractivity contribution in [3.05, 3.63) is 53.6 Å². The number of amides is 2. The van der Waals surface area contributed by atoms with Crippen LogP contribution in [0.25, 0.3) is 0 Å². The Balaban J connectivity index is 1.60. The molecule has 1 aromatic heterocycles. The fourth-order valence-corrected chi connectivity index (χ4v) is 4.38. The Morgan fingerprint density at radius 1 is 1.17 bits per heavy atom. The standard InChI is InChI=1S/C20H26FN5O3S/c1-3-30(28,29)26-11-9-25(10-12-26)14-16-5-4-6-18(19(16)21)24-20(27)23-17-7-8-22-15(2)13-17/h4-8,13H,3,9-12,14H2,1-2H3,(H2,22,23,24,27). The molecule has 30 heavy (non-hydrogen) atoms. The highest BCUT2D eigenvalue weighted by Crippen LogP contribution is 2.21. The van der Waals surface area contributed by atoms with E-state index in [2.05, 4.69) is 15.6 Å². The smallest absolute Gasteiger partial charge is 0.308 e. The average Bonchev–Trinajstić information content (AvgIpc) is 2.71. The Hall–Kier alpha value is -2.56. The van der Waals surface area contributed by atoms with Gasteiger partial charge in [-0.25, -0.2) is 17.6 Å². The van der Waals surface area contributed by atoms with Crippen LogP contribution in [0.1, 0.15) is 18.2 Å². The summed E-state index contributed by atoms with van der Waals surface area (Å²) in [5, 5.41) is 5.19. The molecule has 1 aliphatic heterocycles. The number of aryl methyl sites for hydroxylation is 1. The summed E-state index contributed by atoms with van der Waals surface area (Å²) in [6, 6.07) is 7.67. The highest BCUT2D eigenvalue weighted by atomic mass is 32.2. The summed E-state index contributed by atoms with van der Waals surface area (Å²) in [6.45, 7) is 5.61. The van der Waals surface area contributed by atoms with Crippen molar-refractivity contribution < 1.29 is 17.6 Å². The molecule has 2 aromatic rings. The van der Waals surface area contributed by atoms with Crippen molar-refractivity contribution in [3.63, 3.8) is 0 Å². The number of hydrogen-bond donors (Lipinski definition) is 2. The number of rotatable bonds is 6. The topological polar surface area (TPSA) is 94.6 Å². The van der Waals surface area contributed by atoms with Crippen LogP contribution in [0.2, 0.25) is 0 Å². The number of nitrogens with one attached hydrogen (secondary N) is 2. The first-order chi connectivity index (χ1) is 14.3. The Labute approximate surface area is 176 Å². The van der Waals surface area contributed by atoms with E-state index >= 15 is 0 Å². The molecule has 8 nitrogen and oxygen atoms in total. The maximum absolute atomic E-state index is 14.9. The predicted molar refractivity (Wildman–Crippen MR) is 114 cm³/mol. The van der Waals surface area contributed by atoms with E-state index in [9.17, 15) is 17.6 Å². The third-order valence-electron chi connectivity index (χ3n) is 4.96. The van der Waals surface area contributed by atoms with Crippen LogP contribution in [-0.2, 0) is 16.6 Å². The molecule has 0 unspecified atom stereocenters. The molecule has 1 fully saturated rings. The number of carbonyl (C=O) groups excluding carboxylic acids is 1. The van der Waals surface area contributed by atoms with E-state index < -0.39 is 21.9 Å². The van der Waals surface area contributed by atoms with Gasteiger partial charge in [-0.1, -0.05) is 12.1 Å². The van der Waals surface area contributed by atoms with E-state index in [-0.39, 0.29) is 11.4 Å². The maximum atomic E-state index is 14.9. The lowest BCUT2D eigenvalue weighted by atomic mass is 10.1. The highest BCUT2D eigenvalue weighted by molar-refractivity contribution is 7.89. The number of benzene rings is 1. The molecule has 0 spiro atoms. The third kappa shape index (κ3) is 5.53. The number of pyridine rings is 1. The van der Waals surface area contributed by atoms with Crippen LogP contribution in [0, 0.1) is 12.7 Å². The quantitative estimate of drug-likeness (QED) is 0.728. The summed E-state index contributed by atoms with van der Waals surface area (Å²) in [5.74, 6) is -0.418. The van der Waals surface area contributed by atoms with Gasteiger partial charge in [-0.2, -0.15) is 4.31 Å². The zero-order valence-electron chi connectivity index (χ0n) is 17.1. The van der Waals surface area contributed by atoms with Crippen molar-refractivity contribution in [2.24, 2.45) is 0 Å². The van der Waals surface area contributed by atoms with Gasteiger partial charge >= 0.3 is 6.03 Å². The van der Waals surface area contributed by atoms with Gasteiger partial charge in [-0.3, -0.25) is 9.88 Å². The first-order valence-corrected chi connectivity index (χ1v) is 11.4. The second-order valence-corrected chi connectivity index (χ2v) is 9.38. The summed E-state index contributed by atoms with van der Waals surface area (Å²) in [7, 11) is -3.20. The van der Waals surface area contributed by atoms with Gasteiger partial charge in [0, 0.05) is 55.9 Å². The van der Waals surface area contributed by atoms with Crippen LogP contribution in [0.5, 0.6) is 0 Å². The van der Waals surface area contributed by atoms with Crippen molar-refractivity contribution in [3.8, 4) is 0 Å². The predicted octanol–water partition coefficient (Wildman–Crippen LogP) is 2.64. The fraction of sp³-hybridized carbons (Fsp3) is 0.400.